The summed E-state index contributed by atoms with van der Waals surface area (Å²) in [5.74, 6) is 2.07. The van der Waals surface area contributed by atoms with Gasteiger partial charge in [-0.2, -0.15) is 15.3 Å². The van der Waals surface area contributed by atoms with Gasteiger partial charge in [0, 0.05) is 5.75 Å². The molecular weight excluding hydrogens is 254 g/mol. The Morgan fingerprint density at radius 1 is 1.00 bits per heavy atom. The zero-order chi connectivity index (χ0) is 12.1. The zero-order valence-electron chi connectivity index (χ0n) is 9.93. The van der Waals surface area contributed by atoms with E-state index in [2.05, 4.69) is 39.2 Å². The minimum atomic E-state index is 0.664. The van der Waals surface area contributed by atoms with Gasteiger partial charge in [0.2, 0.25) is 5.65 Å². The molecule has 0 aliphatic carbocycles. The van der Waals surface area contributed by atoms with Gasteiger partial charge in [-0.1, -0.05) is 25.6 Å². The third-order valence-corrected chi connectivity index (χ3v) is 4.23. The number of nitrogens with zero attached hydrogens (tertiary/aromatic N) is 4. The second kappa shape index (κ2) is 6.20. The number of nitrogens with one attached hydrogen (secondary N) is 1. The summed E-state index contributed by atoms with van der Waals surface area (Å²) in [5, 5.41) is 12.5. The van der Waals surface area contributed by atoms with Crippen molar-refractivity contribution in [2.75, 3.05) is 11.5 Å². The lowest BCUT2D eigenvalue weighted by Gasteiger charge is -2.02. The van der Waals surface area contributed by atoms with E-state index in [9.17, 15) is 0 Å². The smallest absolute Gasteiger partial charge is 0.206 e. The molecule has 0 saturated heterocycles. The van der Waals surface area contributed by atoms with Crippen molar-refractivity contribution >= 4 is 34.7 Å². The Morgan fingerprint density at radius 2 is 1.76 bits per heavy atom. The Hall–Kier alpha value is -0.820. The molecule has 92 valence electrons. The summed E-state index contributed by atoms with van der Waals surface area (Å²) >= 11 is 3.38. The van der Waals surface area contributed by atoms with Crippen LogP contribution in [0, 0.1) is 0 Å². The lowest BCUT2D eigenvalue weighted by Crippen LogP contribution is -1.93. The van der Waals surface area contributed by atoms with E-state index in [0.29, 0.717) is 5.65 Å². The van der Waals surface area contributed by atoms with E-state index in [1.807, 2.05) is 0 Å². The van der Waals surface area contributed by atoms with Crippen molar-refractivity contribution in [1.82, 2.24) is 25.4 Å². The number of aromatic nitrogens is 5. The highest BCUT2D eigenvalue weighted by Crippen LogP contribution is 2.26. The minimum Gasteiger partial charge on any atom is -0.214 e. The molecule has 5 nitrogen and oxygen atoms in total. The number of H-pyrrole nitrogens is 1. The molecule has 0 radical (unpaired) electrons. The summed E-state index contributed by atoms with van der Waals surface area (Å²) in [5.41, 5.74) is 1.45. The summed E-state index contributed by atoms with van der Waals surface area (Å²) in [6.45, 7) is 4.30. The molecule has 2 aromatic rings. The summed E-state index contributed by atoms with van der Waals surface area (Å²) in [7, 11) is 0. The largest absolute Gasteiger partial charge is 0.214 e. The highest BCUT2D eigenvalue weighted by molar-refractivity contribution is 7.99. The molecule has 0 aliphatic heterocycles. The van der Waals surface area contributed by atoms with Crippen LogP contribution in [0.5, 0.6) is 0 Å². The molecule has 1 N–H and O–H groups in total. The molecule has 17 heavy (non-hydrogen) atoms. The maximum Gasteiger partial charge on any atom is 0.206 e. The predicted octanol–water partition coefficient (Wildman–Crippen LogP) is 2.75. The fourth-order valence-electron chi connectivity index (χ4n) is 1.26. The van der Waals surface area contributed by atoms with Crippen LogP contribution in [0.15, 0.2) is 10.2 Å². The van der Waals surface area contributed by atoms with Gasteiger partial charge < -0.3 is 0 Å². The van der Waals surface area contributed by atoms with Crippen LogP contribution in [-0.2, 0) is 0 Å². The van der Waals surface area contributed by atoms with Gasteiger partial charge in [0.25, 0.3) is 0 Å². The average Bonchev–Trinajstić information content (AvgIpc) is 2.81. The first-order valence-corrected chi connectivity index (χ1v) is 7.66. The van der Waals surface area contributed by atoms with Crippen LogP contribution in [-0.4, -0.2) is 36.9 Å². The Balaban J connectivity index is 2.29. The SMILES string of the molecule is CCCSc1nc(SCCC)c2n[nH]nc2n1. The van der Waals surface area contributed by atoms with Crippen molar-refractivity contribution in [3.63, 3.8) is 0 Å². The predicted molar refractivity (Wildman–Crippen MR) is 71.5 cm³/mol. The van der Waals surface area contributed by atoms with Crippen molar-refractivity contribution < 1.29 is 0 Å². The quantitative estimate of drug-likeness (QED) is 0.494. The Kier molecular flexibility index (Phi) is 4.61. The highest BCUT2D eigenvalue weighted by atomic mass is 32.2. The Morgan fingerprint density at radius 3 is 2.53 bits per heavy atom. The molecule has 0 atom stereocenters. The van der Waals surface area contributed by atoms with Crippen molar-refractivity contribution in [2.45, 2.75) is 36.9 Å². The summed E-state index contributed by atoms with van der Waals surface area (Å²) in [6, 6.07) is 0. The zero-order valence-corrected chi connectivity index (χ0v) is 11.6. The third-order valence-electron chi connectivity index (χ3n) is 2.01. The van der Waals surface area contributed by atoms with Gasteiger partial charge in [0.1, 0.15) is 5.03 Å². The van der Waals surface area contributed by atoms with Crippen LogP contribution in [0.2, 0.25) is 0 Å². The van der Waals surface area contributed by atoms with Crippen molar-refractivity contribution in [2.24, 2.45) is 0 Å². The molecule has 0 spiro atoms. The molecule has 0 aliphatic rings. The molecule has 7 heteroatoms. The number of rotatable bonds is 6. The summed E-state index contributed by atoms with van der Waals surface area (Å²) in [6.07, 6.45) is 2.23. The first-order chi connectivity index (χ1) is 8.35. The van der Waals surface area contributed by atoms with E-state index in [-0.39, 0.29) is 0 Å². The van der Waals surface area contributed by atoms with Crippen molar-refractivity contribution in [3.05, 3.63) is 0 Å². The molecule has 0 amide bonds. The standard InChI is InChI=1S/C10H15N5S2/c1-3-5-16-9-7-8(14-15-13-7)11-10(12-9)17-6-4-2/h3-6H2,1-2H3,(H,11,12,13,14,15). The molecule has 2 heterocycles. The highest BCUT2D eigenvalue weighted by Gasteiger charge is 2.11. The van der Waals surface area contributed by atoms with E-state index < -0.39 is 0 Å². The molecule has 0 unspecified atom stereocenters. The molecule has 2 rings (SSSR count). The van der Waals surface area contributed by atoms with E-state index in [0.717, 1.165) is 40.0 Å². The van der Waals surface area contributed by atoms with Gasteiger partial charge in [-0.05, 0) is 18.6 Å². The number of hydrogen-bond acceptors (Lipinski definition) is 6. The molecule has 0 bridgehead atoms. The fraction of sp³-hybridized carbons (Fsp3) is 0.600. The van der Waals surface area contributed by atoms with Gasteiger partial charge in [-0.3, -0.25) is 0 Å². The monoisotopic (exact) mass is 269 g/mol. The Bertz CT molecular complexity index is 485. The van der Waals surface area contributed by atoms with E-state index >= 15 is 0 Å². The van der Waals surface area contributed by atoms with Gasteiger partial charge in [-0.25, -0.2) is 4.98 Å². The molecule has 0 fully saturated rings. The lowest BCUT2D eigenvalue weighted by molar-refractivity contribution is 0.917. The third kappa shape index (κ3) is 3.10. The first kappa shape index (κ1) is 12.6. The average molecular weight is 269 g/mol. The van der Waals surface area contributed by atoms with E-state index in [1.165, 1.54) is 0 Å². The molecular formula is C10H15N5S2. The maximum atomic E-state index is 4.54. The van der Waals surface area contributed by atoms with Crippen molar-refractivity contribution in [1.29, 1.82) is 0 Å². The van der Waals surface area contributed by atoms with Crippen LogP contribution < -0.4 is 0 Å². The van der Waals surface area contributed by atoms with E-state index in [4.69, 9.17) is 0 Å². The number of fused-ring (bicyclic) bond motifs is 1. The summed E-state index contributed by atoms with van der Waals surface area (Å²) in [4.78, 5) is 8.92. The van der Waals surface area contributed by atoms with Crippen LogP contribution in [0.4, 0.5) is 0 Å². The fourth-order valence-corrected chi connectivity index (χ4v) is 2.83. The molecule has 2 aromatic heterocycles. The van der Waals surface area contributed by atoms with Crippen LogP contribution in [0.25, 0.3) is 11.2 Å². The lowest BCUT2D eigenvalue weighted by atomic mass is 10.6. The van der Waals surface area contributed by atoms with Gasteiger partial charge in [0.05, 0.1) is 0 Å². The summed E-state index contributed by atoms with van der Waals surface area (Å²) < 4.78 is 0. The van der Waals surface area contributed by atoms with Crippen LogP contribution in [0.1, 0.15) is 26.7 Å². The van der Waals surface area contributed by atoms with Crippen molar-refractivity contribution in [3.8, 4) is 0 Å². The topological polar surface area (TPSA) is 67.3 Å². The Labute approximate surface area is 109 Å². The molecule has 0 saturated carbocycles. The number of hydrogen-bond donors (Lipinski definition) is 1. The second-order valence-electron chi connectivity index (χ2n) is 3.50. The van der Waals surface area contributed by atoms with E-state index in [1.54, 1.807) is 23.5 Å². The second-order valence-corrected chi connectivity index (χ2v) is 5.65. The normalized spacial score (nSPS) is 11.2. The maximum absolute atomic E-state index is 4.54. The van der Waals surface area contributed by atoms with Crippen LogP contribution >= 0.6 is 23.5 Å². The van der Waals surface area contributed by atoms with Gasteiger partial charge in [-0.15, -0.1) is 16.9 Å². The minimum absolute atomic E-state index is 0.664. The molecule has 0 aromatic carbocycles. The van der Waals surface area contributed by atoms with Gasteiger partial charge >= 0.3 is 0 Å². The number of aromatic amines is 1. The van der Waals surface area contributed by atoms with Crippen LogP contribution in [0.3, 0.4) is 0 Å². The number of thioether (sulfide) groups is 2. The first-order valence-electron chi connectivity index (χ1n) is 5.69. The van der Waals surface area contributed by atoms with Gasteiger partial charge in [0.15, 0.2) is 10.7 Å².